The van der Waals surface area contributed by atoms with E-state index in [0.717, 1.165) is 25.2 Å². The van der Waals surface area contributed by atoms with Gasteiger partial charge in [-0.2, -0.15) is 0 Å². The molecule has 0 amide bonds. The van der Waals surface area contributed by atoms with E-state index in [1.807, 2.05) is 0 Å². The Balaban J connectivity index is 1.94. The highest BCUT2D eigenvalue weighted by Crippen LogP contribution is 2.25. The van der Waals surface area contributed by atoms with Crippen molar-refractivity contribution in [2.45, 2.75) is 31.1 Å². The molecule has 104 valence electrons. The first-order valence-corrected chi connectivity index (χ1v) is 7.21. The monoisotopic (exact) mass is 282 g/mol. The zero-order valence-electron chi connectivity index (χ0n) is 10.9. The van der Waals surface area contributed by atoms with Gasteiger partial charge in [-0.05, 0) is 31.5 Å². The molecule has 4 nitrogen and oxygen atoms in total. The molecule has 0 saturated carbocycles. The Morgan fingerprint density at radius 2 is 1.74 bits per heavy atom. The summed E-state index contributed by atoms with van der Waals surface area (Å²) in [5.74, 6) is 0. The molecule has 0 N–H and O–H groups in total. The van der Waals surface area contributed by atoms with Crippen molar-refractivity contribution in [3.8, 4) is 0 Å². The van der Waals surface area contributed by atoms with Gasteiger partial charge in [0.05, 0.1) is 10.3 Å². The second-order valence-corrected chi connectivity index (χ2v) is 5.56. The third-order valence-corrected chi connectivity index (χ3v) is 3.97. The SMILES string of the molecule is O=[N+]([O-])c1ccc(C(Cl)CN2CCCCCC2)cc1. The summed E-state index contributed by atoms with van der Waals surface area (Å²) in [6, 6.07) is 6.56. The van der Waals surface area contributed by atoms with E-state index in [4.69, 9.17) is 11.6 Å². The van der Waals surface area contributed by atoms with Gasteiger partial charge in [-0.3, -0.25) is 10.1 Å². The number of hydrogen-bond donors (Lipinski definition) is 0. The quantitative estimate of drug-likeness (QED) is 0.480. The summed E-state index contributed by atoms with van der Waals surface area (Å²) < 4.78 is 0. The third kappa shape index (κ3) is 4.18. The number of nitrogens with zero attached hydrogens (tertiary/aromatic N) is 2. The summed E-state index contributed by atoms with van der Waals surface area (Å²) in [5.41, 5.74) is 1.07. The predicted octanol–water partition coefficient (Wildman–Crippen LogP) is 3.75. The smallest absolute Gasteiger partial charge is 0.269 e. The van der Waals surface area contributed by atoms with Crippen LogP contribution in [0.3, 0.4) is 0 Å². The first-order valence-electron chi connectivity index (χ1n) is 6.77. The molecule has 1 aliphatic rings. The molecule has 19 heavy (non-hydrogen) atoms. The maximum absolute atomic E-state index is 10.6. The number of benzene rings is 1. The molecule has 2 rings (SSSR count). The lowest BCUT2D eigenvalue weighted by molar-refractivity contribution is -0.384. The van der Waals surface area contributed by atoms with Crippen LogP contribution in [0.1, 0.15) is 36.6 Å². The van der Waals surface area contributed by atoms with Crippen molar-refractivity contribution in [2.75, 3.05) is 19.6 Å². The summed E-state index contributed by atoms with van der Waals surface area (Å²) in [7, 11) is 0. The van der Waals surface area contributed by atoms with Crippen LogP contribution in [0.2, 0.25) is 0 Å². The minimum Gasteiger partial charge on any atom is -0.302 e. The third-order valence-electron chi connectivity index (χ3n) is 3.58. The van der Waals surface area contributed by atoms with Crippen molar-refractivity contribution in [3.63, 3.8) is 0 Å². The van der Waals surface area contributed by atoms with Crippen LogP contribution in [-0.4, -0.2) is 29.5 Å². The van der Waals surface area contributed by atoms with E-state index >= 15 is 0 Å². The van der Waals surface area contributed by atoms with Gasteiger partial charge < -0.3 is 4.90 Å². The Morgan fingerprint density at radius 1 is 1.16 bits per heavy atom. The van der Waals surface area contributed by atoms with Gasteiger partial charge in [0, 0.05) is 18.7 Å². The lowest BCUT2D eigenvalue weighted by Gasteiger charge is -2.22. The largest absolute Gasteiger partial charge is 0.302 e. The molecular weight excluding hydrogens is 264 g/mol. The average Bonchev–Trinajstić information content (AvgIpc) is 2.67. The maximum atomic E-state index is 10.6. The van der Waals surface area contributed by atoms with Crippen LogP contribution in [0.4, 0.5) is 5.69 Å². The van der Waals surface area contributed by atoms with E-state index in [-0.39, 0.29) is 16.0 Å². The Morgan fingerprint density at radius 3 is 2.26 bits per heavy atom. The minimum atomic E-state index is -0.387. The van der Waals surface area contributed by atoms with E-state index in [0.29, 0.717) is 0 Å². The molecule has 1 atom stereocenters. The van der Waals surface area contributed by atoms with Crippen molar-refractivity contribution < 1.29 is 4.92 Å². The summed E-state index contributed by atoms with van der Waals surface area (Å²) in [5, 5.41) is 10.5. The van der Waals surface area contributed by atoms with Crippen molar-refractivity contribution >= 4 is 17.3 Å². The first kappa shape index (κ1) is 14.3. The number of alkyl halides is 1. The van der Waals surface area contributed by atoms with E-state index in [1.165, 1.54) is 37.8 Å². The maximum Gasteiger partial charge on any atom is 0.269 e. The van der Waals surface area contributed by atoms with Crippen LogP contribution in [0.25, 0.3) is 0 Å². The second-order valence-electron chi connectivity index (χ2n) is 5.03. The Kier molecular flexibility index (Phi) is 5.16. The van der Waals surface area contributed by atoms with E-state index < -0.39 is 0 Å². The lowest BCUT2D eigenvalue weighted by atomic mass is 10.1. The van der Waals surface area contributed by atoms with Gasteiger partial charge in [0.25, 0.3) is 5.69 Å². The molecule has 1 heterocycles. The second kappa shape index (κ2) is 6.87. The molecule has 1 aliphatic heterocycles. The van der Waals surface area contributed by atoms with Gasteiger partial charge >= 0.3 is 0 Å². The number of non-ortho nitro benzene ring substituents is 1. The van der Waals surface area contributed by atoms with E-state index in [9.17, 15) is 10.1 Å². The fourth-order valence-corrected chi connectivity index (χ4v) is 2.80. The van der Waals surface area contributed by atoms with Gasteiger partial charge in [-0.25, -0.2) is 0 Å². The molecule has 1 aromatic carbocycles. The molecule has 1 unspecified atom stereocenters. The zero-order valence-corrected chi connectivity index (χ0v) is 11.7. The summed E-state index contributed by atoms with van der Waals surface area (Å²) in [4.78, 5) is 12.6. The molecule has 0 spiro atoms. The summed E-state index contributed by atoms with van der Waals surface area (Å²) in [6.45, 7) is 3.03. The van der Waals surface area contributed by atoms with Gasteiger partial charge in [-0.15, -0.1) is 11.6 Å². The molecule has 0 bridgehead atoms. The first-order chi connectivity index (χ1) is 9.16. The summed E-state index contributed by atoms with van der Waals surface area (Å²) in [6.07, 6.45) is 5.09. The zero-order chi connectivity index (χ0) is 13.7. The fourth-order valence-electron chi connectivity index (χ4n) is 2.46. The predicted molar refractivity (Wildman–Crippen MR) is 76.6 cm³/mol. The molecular formula is C14H19ClN2O2. The number of rotatable bonds is 4. The van der Waals surface area contributed by atoms with Crippen LogP contribution in [-0.2, 0) is 0 Å². The number of halogens is 1. The minimum absolute atomic E-state index is 0.0982. The highest BCUT2D eigenvalue weighted by Gasteiger charge is 2.16. The van der Waals surface area contributed by atoms with Crippen LogP contribution in [0, 0.1) is 10.1 Å². The number of likely N-dealkylation sites (tertiary alicyclic amines) is 1. The molecule has 5 heteroatoms. The van der Waals surface area contributed by atoms with Crippen LogP contribution in [0.5, 0.6) is 0 Å². The molecule has 0 radical (unpaired) electrons. The number of nitro groups is 1. The standard InChI is InChI=1S/C14H19ClN2O2/c15-14(11-16-9-3-1-2-4-10-16)12-5-7-13(8-6-12)17(18)19/h5-8,14H,1-4,9-11H2. The van der Waals surface area contributed by atoms with E-state index in [1.54, 1.807) is 12.1 Å². The number of nitro benzene ring substituents is 1. The van der Waals surface area contributed by atoms with Crippen molar-refractivity contribution in [1.82, 2.24) is 4.90 Å². The molecule has 1 fully saturated rings. The molecule has 0 aliphatic carbocycles. The van der Waals surface area contributed by atoms with Crippen molar-refractivity contribution in [1.29, 1.82) is 0 Å². The highest BCUT2D eigenvalue weighted by molar-refractivity contribution is 6.21. The molecule has 1 aromatic rings. The van der Waals surface area contributed by atoms with Gasteiger partial charge in [0.1, 0.15) is 0 Å². The molecule has 0 aromatic heterocycles. The highest BCUT2D eigenvalue weighted by atomic mass is 35.5. The van der Waals surface area contributed by atoms with Crippen LogP contribution < -0.4 is 0 Å². The van der Waals surface area contributed by atoms with E-state index in [2.05, 4.69) is 4.90 Å². The number of hydrogen-bond acceptors (Lipinski definition) is 3. The van der Waals surface area contributed by atoms with Crippen molar-refractivity contribution in [2.24, 2.45) is 0 Å². The van der Waals surface area contributed by atoms with Gasteiger partial charge in [-0.1, -0.05) is 25.0 Å². The van der Waals surface area contributed by atoms with Gasteiger partial charge in [0.2, 0.25) is 0 Å². The normalized spacial score (nSPS) is 18.8. The fraction of sp³-hybridized carbons (Fsp3) is 0.571. The Bertz CT molecular complexity index is 414. The van der Waals surface area contributed by atoms with Crippen LogP contribution in [0.15, 0.2) is 24.3 Å². The summed E-state index contributed by atoms with van der Waals surface area (Å²) >= 11 is 6.41. The van der Waals surface area contributed by atoms with Crippen LogP contribution >= 0.6 is 11.6 Å². The van der Waals surface area contributed by atoms with Crippen molar-refractivity contribution in [3.05, 3.63) is 39.9 Å². The average molecular weight is 283 g/mol. The molecule has 1 saturated heterocycles. The lowest BCUT2D eigenvalue weighted by Crippen LogP contribution is -2.28. The Labute approximate surface area is 118 Å². The Hall–Kier alpha value is -1.13. The van der Waals surface area contributed by atoms with Gasteiger partial charge in [0.15, 0.2) is 0 Å². The topological polar surface area (TPSA) is 46.4 Å².